The van der Waals surface area contributed by atoms with Crippen LogP contribution in [0.1, 0.15) is 19.4 Å². The minimum atomic E-state index is -0.0211. The molecule has 0 saturated carbocycles. The molecule has 4 nitrogen and oxygen atoms in total. The Balaban J connectivity index is 2.00. The first kappa shape index (κ1) is 12.9. The van der Waals surface area contributed by atoms with E-state index in [4.69, 9.17) is 0 Å². The van der Waals surface area contributed by atoms with Gasteiger partial charge in [0.05, 0.1) is 6.42 Å². The number of amides is 1. The number of nitrogens with one attached hydrogen (secondary N) is 1. The number of phenols is 1. The van der Waals surface area contributed by atoms with Crippen LogP contribution in [0, 0.1) is 0 Å². The van der Waals surface area contributed by atoms with E-state index < -0.39 is 0 Å². The summed E-state index contributed by atoms with van der Waals surface area (Å²) >= 11 is 0. The summed E-state index contributed by atoms with van der Waals surface area (Å²) in [6, 6.07) is 6.89. The first-order valence-corrected chi connectivity index (χ1v) is 6.27. The van der Waals surface area contributed by atoms with Crippen LogP contribution in [0.15, 0.2) is 24.3 Å². The SMILES string of the molecule is CC1(C)CN(C(=O)Cc2cccc(O)c2)CCN1. The van der Waals surface area contributed by atoms with E-state index in [1.807, 2.05) is 11.0 Å². The Bertz CT molecular complexity index is 443. The topological polar surface area (TPSA) is 52.6 Å². The highest BCUT2D eigenvalue weighted by atomic mass is 16.3. The van der Waals surface area contributed by atoms with Crippen LogP contribution >= 0.6 is 0 Å². The lowest BCUT2D eigenvalue weighted by molar-refractivity contribution is -0.132. The van der Waals surface area contributed by atoms with Crippen molar-refractivity contribution in [3.63, 3.8) is 0 Å². The second-order valence-corrected chi connectivity index (χ2v) is 5.47. The van der Waals surface area contributed by atoms with E-state index in [0.29, 0.717) is 6.42 Å². The van der Waals surface area contributed by atoms with Crippen molar-refractivity contribution in [2.24, 2.45) is 0 Å². The Morgan fingerprint density at radius 3 is 2.94 bits per heavy atom. The lowest BCUT2D eigenvalue weighted by Gasteiger charge is -2.39. The summed E-state index contributed by atoms with van der Waals surface area (Å²) < 4.78 is 0. The minimum absolute atomic E-state index is 0.0211. The molecule has 4 heteroatoms. The molecule has 1 saturated heterocycles. The van der Waals surface area contributed by atoms with Gasteiger partial charge in [0.25, 0.3) is 0 Å². The van der Waals surface area contributed by atoms with Gasteiger partial charge in [0.15, 0.2) is 0 Å². The molecule has 1 heterocycles. The van der Waals surface area contributed by atoms with Crippen molar-refractivity contribution in [1.82, 2.24) is 10.2 Å². The highest BCUT2D eigenvalue weighted by Gasteiger charge is 2.28. The molecule has 2 N–H and O–H groups in total. The summed E-state index contributed by atoms with van der Waals surface area (Å²) in [5, 5.41) is 12.8. The maximum absolute atomic E-state index is 12.2. The van der Waals surface area contributed by atoms with Crippen LogP contribution < -0.4 is 5.32 Å². The van der Waals surface area contributed by atoms with Gasteiger partial charge in [-0.25, -0.2) is 0 Å². The van der Waals surface area contributed by atoms with Crippen LogP contribution in [-0.2, 0) is 11.2 Å². The van der Waals surface area contributed by atoms with Crippen molar-refractivity contribution in [2.45, 2.75) is 25.8 Å². The van der Waals surface area contributed by atoms with Crippen molar-refractivity contribution in [1.29, 1.82) is 0 Å². The van der Waals surface area contributed by atoms with E-state index in [-0.39, 0.29) is 17.2 Å². The molecule has 18 heavy (non-hydrogen) atoms. The van der Waals surface area contributed by atoms with Gasteiger partial charge in [0.2, 0.25) is 5.91 Å². The van der Waals surface area contributed by atoms with E-state index >= 15 is 0 Å². The quantitative estimate of drug-likeness (QED) is 0.825. The summed E-state index contributed by atoms with van der Waals surface area (Å²) in [6.07, 6.45) is 0.352. The van der Waals surface area contributed by atoms with E-state index in [1.54, 1.807) is 18.2 Å². The molecule has 0 aliphatic carbocycles. The molecule has 0 spiro atoms. The first-order valence-electron chi connectivity index (χ1n) is 6.27. The van der Waals surface area contributed by atoms with Gasteiger partial charge >= 0.3 is 0 Å². The zero-order valence-electron chi connectivity index (χ0n) is 10.9. The minimum Gasteiger partial charge on any atom is -0.508 e. The Hall–Kier alpha value is -1.55. The first-order chi connectivity index (χ1) is 8.46. The molecule has 2 rings (SSSR count). The van der Waals surface area contributed by atoms with Crippen molar-refractivity contribution in [3.05, 3.63) is 29.8 Å². The molecule has 0 unspecified atom stereocenters. The fraction of sp³-hybridized carbons (Fsp3) is 0.500. The normalized spacial score (nSPS) is 18.7. The van der Waals surface area contributed by atoms with E-state index in [0.717, 1.165) is 25.2 Å². The average molecular weight is 248 g/mol. The second kappa shape index (κ2) is 4.98. The molecule has 0 atom stereocenters. The van der Waals surface area contributed by atoms with Crippen LogP contribution in [0.25, 0.3) is 0 Å². The van der Waals surface area contributed by atoms with Gasteiger partial charge in [-0.15, -0.1) is 0 Å². The third-order valence-electron chi connectivity index (χ3n) is 3.19. The molecule has 0 radical (unpaired) electrons. The van der Waals surface area contributed by atoms with Crippen LogP contribution in [0.3, 0.4) is 0 Å². The lowest BCUT2D eigenvalue weighted by Crippen LogP contribution is -2.58. The summed E-state index contributed by atoms with van der Waals surface area (Å²) in [5.74, 6) is 0.330. The molecule has 1 aliphatic rings. The molecule has 1 amide bonds. The monoisotopic (exact) mass is 248 g/mol. The maximum Gasteiger partial charge on any atom is 0.227 e. The lowest BCUT2D eigenvalue weighted by atomic mass is 10.0. The Kier molecular flexibility index (Phi) is 3.57. The maximum atomic E-state index is 12.2. The number of phenolic OH excluding ortho intramolecular Hbond substituents is 1. The molecule has 1 fully saturated rings. The zero-order valence-corrected chi connectivity index (χ0v) is 10.9. The van der Waals surface area contributed by atoms with Crippen LogP contribution in [0.2, 0.25) is 0 Å². The number of aromatic hydroxyl groups is 1. The fourth-order valence-corrected chi connectivity index (χ4v) is 2.31. The summed E-state index contributed by atoms with van der Waals surface area (Å²) in [4.78, 5) is 14.1. The van der Waals surface area contributed by atoms with Crippen molar-refractivity contribution in [2.75, 3.05) is 19.6 Å². The van der Waals surface area contributed by atoms with Gasteiger partial charge in [0.1, 0.15) is 5.75 Å². The van der Waals surface area contributed by atoms with E-state index in [9.17, 15) is 9.90 Å². The Labute approximate surface area is 108 Å². The number of benzene rings is 1. The number of carbonyl (C=O) groups excluding carboxylic acids is 1. The molecule has 1 aromatic carbocycles. The molecular formula is C14H20N2O2. The van der Waals surface area contributed by atoms with Gasteiger partial charge in [-0.1, -0.05) is 12.1 Å². The Morgan fingerprint density at radius 1 is 1.50 bits per heavy atom. The zero-order chi connectivity index (χ0) is 13.2. The third kappa shape index (κ3) is 3.23. The van der Waals surface area contributed by atoms with E-state index in [1.165, 1.54) is 0 Å². The molecule has 98 valence electrons. The number of hydrogen-bond acceptors (Lipinski definition) is 3. The number of hydrogen-bond donors (Lipinski definition) is 2. The highest BCUT2D eigenvalue weighted by molar-refractivity contribution is 5.79. The number of rotatable bonds is 2. The fourth-order valence-electron chi connectivity index (χ4n) is 2.31. The average Bonchev–Trinajstić information content (AvgIpc) is 2.27. The molecule has 1 aromatic rings. The van der Waals surface area contributed by atoms with Crippen molar-refractivity contribution < 1.29 is 9.90 Å². The molecule has 1 aliphatic heterocycles. The summed E-state index contributed by atoms with van der Waals surface area (Å²) in [7, 11) is 0. The van der Waals surface area contributed by atoms with Crippen LogP contribution in [0.5, 0.6) is 5.75 Å². The van der Waals surface area contributed by atoms with Crippen LogP contribution in [-0.4, -0.2) is 41.1 Å². The largest absolute Gasteiger partial charge is 0.508 e. The van der Waals surface area contributed by atoms with Crippen molar-refractivity contribution >= 4 is 5.91 Å². The number of carbonyl (C=O) groups is 1. The third-order valence-corrected chi connectivity index (χ3v) is 3.19. The predicted octanol–water partition coefficient (Wildman–Crippen LogP) is 1.15. The van der Waals surface area contributed by atoms with Gasteiger partial charge < -0.3 is 15.3 Å². The Morgan fingerprint density at radius 2 is 2.28 bits per heavy atom. The summed E-state index contributed by atoms with van der Waals surface area (Å²) in [6.45, 7) is 6.51. The van der Waals surface area contributed by atoms with Gasteiger partial charge in [0, 0.05) is 25.2 Å². The van der Waals surface area contributed by atoms with Crippen molar-refractivity contribution in [3.8, 4) is 5.75 Å². The number of piperazine rings is 1. The van der Waals surface area contributed by atoms with Gasteiger partial charge in [-0.05, 0) is 31.5 Å². The van der Waals surface area contributed by atoms with E-state index in [2.05, 4.69) is 19.2 Å². The highest BCUT2D eigenvalue weighted by Crippen LogP contribution is 2.15. The standard InChI is InChI=1S/C14H20N2O2/c1-14(2)10-16(7-6-15-14)13(18)9-11-4-3-5-12(17)8-11/h3-5,8,15,17H,6-7,9-10H2,1-2H3. The molecular weight excluding hydrogens is 228 g/mol. The molecule has 0 bridgehead atoms. The second-order valence-electron chi connectivity index (χ2n) is 5.47. The van der Waals surface area contributed by atoms with Gasteiger partial charge in [-0.3, -0.25) is 4.79 Å². The molecule has 0 aromatic heterocycles. The number of nitrogens with zero attached hydrogens (tertiary/aromatic N) is 1. The summed E-state index contributed by atoms with van der Waals surface area (Å²) in [5.41, 5.74) is 0.837. The van der Waals surface area contributed by atoms with Crippen LogP contribution in [0.4, 0.5) is 0 Å². The smallest absolute Gasteiger partial charge is 0.227 e. The van der Waals surface area contributed by atoms with Gasteiger partial charge in [-0.2, -0.15) is 0 Å². The predicted molar refractivity (Wildman–Crippen MR) is 70.5 cm³/mol.